The zero-order valence-corrected chi connectivity index (χ0v) is 15.0. The van der Waals surface area contributed by atoms with E-state index in [9.17, 15) is 9.59 Å². The molecule has 2 heterocycles. The number of nitrogens with zero attached hydrogens (tertiary/aromatic N) is 2. The van der Waals surface area contributed by atoms with Gasteiger partial charge in [0.15, 0.2) is 0 Å². The normalized spacial score (nSPS) is 15.8. The van der Waals surface area contributed by atoms with E-state index in [-0.39, 0.29) is 17.8 Å². The van der Waals surface area contributed by atoms with Crippen molar-refractivity contribution in [3.63, 3.8) is 0 Å². The van der Waals surface area contributed by atoms with Crippen LogP contribution in [0.2, 0.25) is 0 Å². The summed E-state index contributed by atoms with van der Waals surface area (Å²) in [5.41, 5.74) is 2.42. The van der Waals surface area contributed by atoms with Crippen LogP contribution in [-0.4, -0.2) is 46.4 Å². The molecule has 1 fully saturated rings. The summed E-state index contributed by atoms with van der Waals surface area (Å²) in [4.78, 5) is 34.2. The predicted molar refractivity (Wildman–Crippen MR) is 95.4 cm³/mol. The van der Waals surface area contributed by atoms with E-state index in [1.165, 1.54) is 0 Å². The lowest BCUT2D eigenvalue weighted by Crippen LogP contribution is -2.40. The molecule has 0 bridgehead atoms. The van der Waals surface area contributed by atoms with E-state index < -0.39 is 0 Å². The summed E-state index contributed by atoms with van der Waals surface area (Å²) in [7, 11) is 0. The van der Waals surface area contributed by atoms with Crippen LogP contribution in [0.1, 0.15) is 55.7 Å². The molecule has 1 amide bonds. The largest absolute Gasteiger partial charge is 0.466 e. The van der Waals surface area contributed by atoms with Crippen molar-refractivity contribution in [2.24, 2.45) is 5.92 Å². The highest BCUT2D eigenvalue weighted by atomic mass is 16.5. The Labute approximate surface area is 147 Å². The Morgan fingerprint density at radius 1 is 1.32 bits per heavy atom. The third-order valence-electron chi connectivity index (χ3n) is 4.70. The van der Waals surface area contributed by atoms with Crippen molar-refractivity contribution in [3.05, 3.63) is 29.6 Å². The first kappa shape index (κ1) is 17.5. The maximum atomic E-state index is 12.8. The molecule has 0 atom stereocenters. The second-order valence-electron chi connectivity index (χ2n) is 6.83. The van der Waals surface area contributed by atoms with Crippen molar-refractivity contribution in [1.29, 1.82) is 0 Å². The molecule has 0 radical (unpaired) electrons. The zero-order valence-electron chi connectivity index (χ0n) is 15.0. The molecule has 1 aromatic carbocycles. The fourth-order valence-electron chi connectivity index (χ4n) is 3.20. The van der Waals surface area contributed by atoms with Gasteiger partial charge in [0.05, 0.1) is 23.6 Å². The molecule has 1 aromatic heterocycles. The summed E-state index contributed by atoms with van der Waals surface area (Å²) >= 11 is 0. The van der Waals surface area contributed by atoms with Crippen LogP contribution in [0.4, 0.5) is 0 Å². The summed E-state index contributed by atoms with van der Waals surface area (Å²) in [6.07, 6.45) is 1.32. The van der Waals surface area contributed by atoms with Crippen molar-refractivity contribution in [2.75, 3.05) is 19.7 Å². The van der Waals surface area contributed by atoms with E-state index in [0.29, 0.717) is 44.0 Å². The van der Waals surface area contributed by atoms with Gasteiger partial charge in [0.25, 0.3) is 5.91 Å². The first-order valence-corrected chi connectivity index (χ1v) is 8.95. The molecule has 1 aliphatic rings. The van der Waals surface area contributed by atoms with Crippen LogP contribution in [0.15, 0.2) is 18.2 Å². The molecule has 0 aliphatic carbocycles. The van der Waals surface area contributed by atoms with Gasteiger partial charge in [-0.2, -0.15) is 0 Å². The first-order chi connectivity index (χ1) is 12.0. The molecule has 1 N–H and O–H groups in total. The molecular formula is C19H25N3O3. The molecule has 1 aliphatic heterocycles. The van der Waals surface area contributed by atoms with E-state index in [1.54, 1.807) is 0 Å². The molecule has 1 saturated heterocycles. The third kappa shape index (κ3) is 3.67. The van der Waals surface area contributed by atoms with E-state index in [2.05, 4.69) is 23.8 Å². The number of ether oxygens (including phenoxy) is 1. The van der Waals surface area contributed by atoms with Gasteiger partial charge in [-0.05, 0) is 38.0 Å². The SMILES string of the molecule is CCOC(=O)C1CCN(C(=O)c2ccc3nc(C(C)C)[nH]c3c2)CC1. The van der Waals surface area contributed by atoms with Gasteiger partial charge < -0.3 is 14.6 Å². The topological polar surface area (TPSA) is 75.3 Å². The van der Waals surface area contributed by atoms with Gasteiger partial charge in [-0.25, -0.2) is 4.98 Å². The van der Waals surface area contributed by atoms with Crippen LogP contribution in [-0.2, 0) is 9.53 Å². The van der Waals surface area contributed by atoms with E-state index in [4.69, 9.17) is 4.74 Å². The molecular weight excluding hydrogens is 318 g/mol. The van der Waals surface area contributed by atoms with Gasteiger partial charge in [-0.1, -0.05) is 13.8 Å². The van der Waals surface area contributed by atoms with Crippen LogP contribution in [0.25, 0.3) is 11.0 Å². The number of piperidine rings is 1. The van der Waals surface area contributed by atoms with Gasteiger partial charge in [0.2, 0.25) is 0 Å². The van der Waals surface area contributed by atoms with Crippen molar-refractivity contribution in [2.45, 2.75) is 39.5 Å². The lowest BCUT2D eigenvalue weighted by molar-refractivity contribution is -0.149. The quantitative estimate of drug-likeness (QED) is 0.866. The van der Waals surface area contributed by atoms with Gasteiger partial charge in [-0.3, -0.25) is 9.59 Å². The molecule has 6 heteroatoms. The van der Waals surface area contributed by atoms with Crippen LogP contribution in [0, 0.1) is 5.92 Å². The minimum atomic E-state index is -0.144. The fraction of sp³-hybridized carbons (Fsp3) is 0.526. The third-order valence-corrected chi connectivity index (χ3v) is 4.70. The van der Waals surface area contributed by atoms with Crippen LogP contribution >= 0.6 is 0 Å². The minimum Gasteiger partial charge on any atom is -0.466 e. The number of imidazole rings is 1. The number of likely N-dealkylation sites (tertiary alicyclic amines) is 1. The van der Waals surface area contributed by atoms with Crippen LogP contribution < -0.4 is 0 Å². The molecule has 0 unspecified atom stereocenters. The number of H-pyrrole nitrogens is 1. The first-order valence-electron chi connectivity index (χ1n) is 8.95. The van der Waals surface area contributed by atoms with Gasteiger partial charge in [-0.15, -0.1) is 0 Å². The number of benzene rings is 1. The highest BCUT2D eigenvalue weighted by Gasteiger charge is 2.28. The maximum absolute atomic E-state index is 12.8. The highest BCUT2D eigenvalue weighted by Crippen LogP contribution is 2.22. The van der Waals surface area contributed by atoms with Crippen molar-refractivity contribution >= 4 is 22.9 Å². The lowest BCUT2D eigenvalue weighted by Gasteiger charge is -2.30. The van der Waals surface area contributed by atoms with Crippen molar-refractivity contribution < 1.29 is 14.3 Å². The number of hydrogen-bond acceptors (Lipinski definition) is 4. The Kier molecular flexibility index (Phi) is 5.06. The molecule has 134 valence electrons. The van der Waals surface area contributed by atoms with Gasteiger partial charge >= 0.3 is 5.97 Å². The number of amides is 1. The molecule has 2 aromatic rings. The Hall–Kier alpha value is -2.37. The molecule has 0 saturated carbocycles. The summed E-state index contributed by atoms with van der Waals surface area (Å²) in [6, 6.07) is 5.58. The van der Waals surface area contributed by atoms with Gasteiger partial charge in [0.1, 0.15) is 5.82 Å². The number of rotatable bonds is 4. The Morgan fingerprint density at radius 2 is 2.04 bits per heavy atom. The predicted octanol–water partition coefficient (Wildman–Crippen LogP) is 3.10. The number of carbonyl (C=O) groups is 2. The van der Waals surface area contributed by atoms with Gasteiger partial charge in [0, 0.05) is 24.6 Å². The van der Waals surface area contributed by atoms with Crippen LogP contribution in [0.5, 0.6) is 0 Å². The second kappa shape index (κ2) is 7.25. The summed E-state index contributed by atoms with van der Waals surface area (Å²) < 4.78 is 5.08. The average Bonchev–Trinajstić information content (AvgIpc) is 3.05. The smallest absolute Gasteiger partial charge is 0.309 e. The minimum absolute atomic E-state index is 0.00454. The average molecular weight is 343 g/mol. The van der Waals surface area contributed by atoms with Crippen molar-refractivity contribution in [1.82, 2.24) is 14.9 Å². The maximum Gasteiger partial charge on any atom is 0.309 e. The molecule has 3 rings (SSSR count). The van der Waals surface area contributed by atoms with E-state index in [1.807, 2.05) is 30.0 Å². The summed E-state index contributed by atoms with van der Waals surface area (Å²) in [5, 5.41) is 0. The van der Waals surface area contributed by atoms with E-state index in [0.717, 1.165) is 16.9 Å². The number of nitrogens with one attached hydrogen (secondary N) is 1. The second-order valence-corrected chi connectivity index (χ2v) is 6.83. The molecule has 0 spiro atoms. The van der Waals surface area contributed by atoms with Crippen molar-refractivity contribution in [3.8, 4) is 0 Å². The molecule has 25 heavy (non-hydrogen) atoms. The Bertz CT molecular complexity index is 773. The fourth-order valence-corrected chi connectivity index (χ4v) is 3.20. The van der Waals surface area contributed by atoms with Crippen LogP contribution in [0.3, 0.4) is 0 Å². The number of aromatic nitrogens is 2. The monoisotopic (exact) mass is 343 g/mol. The Balaban J connectivity index is 1.69. The highest BCUT2D eigenvalue weighted by molar-refractivity contribution is 5.97. The number of fused-ring (bicyclic) bond motifs is 1. The standard InChI is InChI=1S/C19H25N3O3/c1-4-25-19(24)13-7-9-22(10-8-13)18(23)14-5-6-15-16(11-14)21-17(20-15)12(2)3/h5-6,11-13H,4,7-10H2,1-3H3,(H,20,21). The number of esters is 1. The summed E-state index contributed by atoms with van der Waals surface area (Å²) in [5.74, 6) is 1.01. The molecule has 6 nitrogen and oxygen atoms in total. The lowest BCUT2D eigenvalue weighted by atomic mass is 9.96. The van der Waals surface area contributed by atoms with E-state index >= 15 is 0 Å². The number of hydrogen-bond donors (Lipinski definition) is 1. The summed E-state index contributed by atoms with van der Waals surface area (Å²) in [6.45, 7) is 7.55. The zero-order chi connectivity index (χ0) is 18.0. The number of carbonyl (C=O) groups excluding carboxylic acids is 2. The Morgan fingerprint density at radius 3 is 2.68 bits per heavy atom. The number of aromatic amines is 1.